The van der Waals surface area contributed by atoms with E-state index in [4.69, 9.17) is 16.4 Å². The van der Waals surface area contributed by atoms with Crippen LogP contribution in [0.1, 0.15) is 17.3 Å². The highest BCUT2D eigenvalue weighted by Crippen LogP contribution is 2.28. The molecule has 1 fully saturated rings. The summed E-state index contributed by atoms with van der Waals surface area (Å²) in [5, 5.41) is 4.28. The minimum atomic E-state index is -0.512. The molecule has 1 heterocycles. The molecule has 0 atom stereocenters. The Morgan fingerprint density at radius 2 is 2.06 bits per heavy atom. The Labute approximate surface area is 119 Å². The van der Waals surface area contributed by atoms with E-state index in [2.05, 4.69) is 12.1 Å². The standard InChI is InChI=1S/C12H12ClNO2S2/c1-8-17-6-9(7-18-8)14-16-12(15)10-4-2-3-5-11(10)13/h2-5,8H,6-7H2,1H3. The van der Waals surface area contributed by atoms with Crippen molar-refractivity contribution in [2.24, 2.45) is 5.16 Å². The molecule has 6 heteroatoms. The Bertz CT molecular complexity index is 469. The number of oxime groups is 1. The second kappa shape index (κ2) is 6.50. The minimum absolute atomic E-state index is 0.341. The van der Waals surface area contributed by atoms with Crippen molar-refractivity contribution in [1.82, 2.24) is 0 Å². The maximum absolute atomic E-state index is 11.7. The van der Waals surface area contributed by atoms with Crippen LogP contribution in [0, 0.1) is 0 Å². The number of hydrogen-bond acceptors (Lipinski definition) is 5. The number of rotatable bonds is 2. The molecule has 0 spiro atoms. The van der Waals surface area contributed by atoms with Gasteiger partial charge in [0.15, 0.2) is 0 Å². The number of hydrogen-bond donors (Lipinski definition) is 0. The van der Waals surface area contributed by atoms with Gasteiger partial charge in [-0.1, -0.05) is 28.9 Å². The van der Waals surface area contributed by atoms with Gasteiger partial charge in [-0.2, -0.15) is 0 Å². The van der Waals surface area contributed by atoms with Crippen LogP contribution in [-0.2, 0) is 4.84 Å². The summed E-state index contributed by atoms with van der Waals surface area (Å²) in [5.74, 6) is 1.11. The molecule has 0 aliphatic carbocycles. The SMILES string of the molecule is CC1SCC(=NOC(=O)c2ccccc2Cl)CS1. The third-order valence-corrected chi connectivity index (χ3v) is 5.41. The maximum atomic E-state index is 11.7. The summed E-state index contributed by atoms with van der Waals surface area (Å²) in [6.45, 7) is 2.15. The normalized spacial score (nSPS) is 19.4. The molecule has 18 heavy (non-hydrogen) atoms. The summed E-state index contributed by atoms with van der Waals surface area (Å²) in [6, 6.07) is 6.78. The van der Waals surface area contributed by atoms with E-state index in [0.29, 0.717) is 15.2 Å². The third-order valence-electron chi connectivity index (χ3n) is 2.32. The van der Waals surface area contributed by atoms with E-state index in [9.17, 15) is 4.79 Å². The molecular weight excluding hydrogens is 290 g/mol. The first-order valence-corrected chi connectivity index (χ1v) is 7.89. The fraction of sp³-hybridized carbons (Fsp3) is 0.333. The van der Waals surface area contributed by atoms with Crippen molar-refractivity contribution in [2.75, 3.05) is 11.5 Å². The molecule has 0 unspecified atom stereocenters. The van der Waals surface area contributed by atoms with Crippen LogP contribution < -0.4 is 0 Å². The van der Waals surface area contributed by atoms with Gasteiger partial charge in [-0.05, 0) is 19.1 Å². The predicted octanol–water partition coefficient (Wildman–Crippen LogP) is 3.68. The molecule has 1 aromatic carbocycles. The molecule has 1 aliphatic heterocycles. The average Bonchev–Trinajstić information content (AvgIpc) is 2.38. The summed E-state index contributed by atoms with van der Waals surface area (Å²) >= 11 is 9.49. The summed E-state index contributed by atoms with van der Waals surface area (Å²) in [4.78, 5) is 16.7. The van der Waals surface area contributed by atoms with Crippen LogP contribution in [-0.4, -0.2) is 27.8 Å². The first-order chi connectivity index (χ1) is 8.66. The molecule has 0 bridgehead atoms. The minimum Gasteiger partial charge on any atom is -0.313 e. The van der Waals surface area contributed by atoms with Crippen LogP contribution in [0.25, 0.3) is 0 Å². The van der Waals surface area contributed by atoms with Crippen molar-refractivity contribution in [3.63, 3.8) is 0 Å². The highest BCUT2D eigenvalue weighted by atomic mass is 35.5. The lowest BCUT2D eigenvalue weighted by atomic mass is 10.2. The van der Waals surface area contributed by atoms with Gasteiger partial charge < -0.3 is 4.84 Å². The maximum Gasteiger partial charge on any atom is 0.367 e. The Morgan fingerprint density at radius 3 is 2.72 bits per heavy atom. The van der Waals surface area contributed by atoms with Crippen molar-refractivity contribution in [3.8, 4) is 0 Å². The lowest BCUT2D eigenvalue weighted by Crippen LogP contribution is -2.16. The fourth-order valence-electron chi connectivity index (χ4n) is 1.35. The fourth-order valence-corrected chi connectivity index (χ4v) is 3.65. The summed E-state index contributed by atoms with van der Waals surface area (Å²) in [7, 11) is 0. The number of halogens is 1. The molecule has 1 aromatic rings. The van der Waals surface area contributed by atoms with Gasteiger partial charge in [-0.3, -0.25) is 0 Å². The van der Waals surface area contributed by atoms with Gasteiger partial charge >= 0.3 is 5.97 Å². The van der Waals surface area contributed by atoms with Crippen LogP contribution in [0.15, 0.2) is 29.4 Å². The Hall–Kier alpha value is -0.650. The molecule has 0 radical (unpaired) electrons. The molecule has 2 rings (SSSR count). The summed E-state index contributed by atoms with van der Waals surface area (Å²) < 4.78 is 0.572. The topological polar surface area (TPSA) is 38.7 Å². The second-order valence-corrected chi connectivity index (χ2v) is 7.07. The average molecular weight is 302 g/mol. The van der Waals surface area contributed by atoms with Crippen molar-refractivity contribution in [1.29, 1.82) is 0 Å². The zero-order valence-corrected chi connectivity index (χ0v) is 12.1. The highest BCUT2D eigenvalue weighted by molar-refractivity contribution is 8.18. The first kappa shape index (κ1) is 13.8. The van der Waals surface area contributed by atoms with Gasteiger partial charge in [0.05, 0.1) is 16.3 Å². The lowest BCUT2D eigenvalue weighted by Gasteiger charge is -2.17. The van der Waals surface area contributed by atoms with E-state index >= 15 is 0 Å². The number of thioether (sulfide) groups is 2. The number of carbonyl (C=O) groups is 1. The molecule has 1 aliphatic rings. The van der Waals surface area contributed by atoms with Gasteiger partial charge in [0.2, 0.25) is 0 Å². The van der Waals surface area contributed by atoms with E-state index in [0.717, 1.165) is 17.2 Å². The largest absolute Gasteiger partial charge is 0.367 e. The smallest absolute Gasteiger partial charge is 0.313 e. The van der Waals surface area contributed by atoms with Gasteiger partial charge in [0.25, 0.3) is 0 Å². The van der Waals surface area contributed by atoms with Crippen molar-refractivity contribution >= 4 is 46.8 Å². The Kier molecular flexibility index (Phi) is 4.97. The molecule has 0 saturated carbocycles. The van der Waals surface area contributed by atoms with Crippen LogP contribution >= 0.6 is 35.1 Å². The van der Waals surface area contributed by atoms with Crippen LogP contribution in [0.4, 0.5) is 0 Å². The van der Waals surface area contributed by atoms with Crippen LogP contribution in [0.2, 0.25) is 5.02 Å². The van der Waals surface area contributed by atoms with E-state index in [1.54, 1.807) is 47.8 Å². The van der Waals surface area contributed by atoms with E-state index < -0.39 is 5.97 Å². The quantitative estimate of drug-likeness (QED) is 0.617. The zero-order valence-electron chi connectivity index (χ0n) is 9.76. The van der Waals surface area contributed by atoms with E-state index in [1.807, 2.05) is 0 Å². The number of benzene rings is 1. The van der Waals surface area contributed by atoms with Crippen molar-refractivity contribution < 1.29 is 9.63 Å². The molecule has 0 aromatic heterocycles. The molecule has 1 saturated heterocycles. The van der Waals surface area contributed by atoms with Crippen molar-refractivity contribution in [2.45, 2.75) is 11.5 Å². The van der Waals surface area contributed by atoms with Crippen LogP contribution in [0.5, 0.6) is 0 Å². The number of carbonyl (C=O) groups excluding carboxylic acids is 1. The van der Waals surface area contributed by atoms with Gasteiger partial charge in [-0.25, -0.2) is 4.79 Å². The first-order valence-electron chi connectivity index (χ1n) is 5.41. The van der Waals surface area contributed by atoms with Gasteiger partial charge in [0.1, 0.15) is 0 Å². The predicted molar refractivity (Wildman–Crippen MR) is 78.7 cm³/mol. The molecule has 3 nitrogen and oxygen atoms in total. The van der Waals surface area contributed by atoms with E-state index in [-0.39, 0.29) is 0 Å². The lowest BCUT2D eigenvalue weighted by molar-refractivity contribution is 0.0516. The molecular formula is C12H12ClNO2S2. The van der Waals surface area contributed by atoms with Crippen molar-refractivity contribution in [3.05, 3.63) is 34.9 Å². The molecule has 96 valence electrons. The summed E-state index contributed by atoms with van der Waals surface area (Å²) in [5.41, 5.74) is 1.23. The monoisotopic (exact) mass is 301 g/mol. The molecule has 0 amide bonds. The van der Waals surface area contributed by atoms with E-state index in [1.165, 1.54) is 0 Å². The Morgan fingerprint density at radius 1 is 1.39 bits per heavy atom. The zero-order chi connectivity index (χ0) is 13.0. The number of nitrogens with zero attached hydrogens (tertiary/aromatic N) is 1. The summed E-state index contributed by atoms with van der Waals surface area (Å²) in [6.07, 6.45) is 0. The molecule has 0 N–H and O–H groups in total. The second-order valence-electron chi connectivity index (χ2n) is 3.71. The highest BCUT2D eigenvalue weighted by Gasteiger charge is 2.16. The van der Waals surface area contributed by atoms with Crippen LogP contribution in [0.3, 0.4) is 0 Å². The van der Waals surface area contributed by atoms with Gasteiger partial charge in [0, 0.05) is 16.1 Å². The third kappa shape index (κ3) is 3.67. The van der Waals surface area contributed by atoms with Gasteiger partial charge in [-0.15, -0.1) is 23.5 Å². The Balaban J connectivity index is 1.96.